The standard InChI is InChI=1S/C24H21N7O2/c25-22(32)14-29-24(33)18-7-5-17(6-8-18)19-9-10-20(31-26)23(30-19)28-13-15-3-4-16-2-1-11-27-21(16)12-15/h1-12,26H,13-14H2,(H2,25,32)(H,28,30)(H,29,33). The molecule has 0 bridgehead atoms. The van der Waals surface area contributed by atoms with Crippen LogP contribution in [0.5, 0.6) is 0 Å². The Bertz CT molecular complexity index is 1340. The number of pyridine rings is 2. The number of hydrogen-bond acceptors (Lipinski definition) is 7. The first-order valence-electron chi connectivity index (χ1n) is 10.2. The van der Waals surface area contributed by atoms with Crippen LogP contribution in [0.4, 0.5) is 11.5 Å². The first-order valence-corrected chi connectivity index (χ1v) is 10.2. The van der Waals surface area contributed by atoms with Crippen LogP contribution < -0.4 is 16.4 Å². The van der Waals surface area contributed by atoms with E-state index >= 15 is 0 Å². The summed E-state index contributed by atoms with van der Waals surface area (Å²) in [7, 11) is 0. The highest BCUT2D eigenvalue weighted by Gasteiger charge is 2.10. The monoisotopic (exact) mass is 439 g/mol. The summed E-state index contributed by atoms with van der Waals surface area (Å²) in [5.41, 5.74) is 16.7. The summed E-state index contributed by atoms with van der Waals surface area (Å²) >= 11 is 0. The molecule has 2 aromatic heterocycles. The van der Waals surface area contributed by atoms with Crippen molar-refractivity contribution < 1.29 is 9.59 Å². The Labute approximate surface area is 189 Å². The van der Waals surface area contributed by atoms with Gasteiger partial charge in [-0.1, -0.05) is 30.3 Å². The molecule has 0 saturated heterocycles. The summed E-state index contributed by atoms with van der Waals surface area (Å²) in [5, 5.41) is 10.3. The quantitative estimate of drug-likeness (QED) is 0.309. The number of rotatable bonds is 8. The van der Waals surface area contributed by atoms with Gasteiger partial charge in [0.25, 0.3) is 5.91 Å². The minimum Gasteiger partial charge on any atom is -0.368 e. The number of primary amides is 1. The van der Waals surface area contributed by atoms with Crippen LogP contribution in [0.2, 0.25) is 0 Å². The minimum atomic E-state index is -0.607. The van der Waals surface area contributed by atoms with Crippen LogP contribution in [0.15, 0.2) is 78.0 Å². The lowest BCUT2D eigenvalue weighted by molar-refractivity contribution is -0.117. The van der Waals surface area contributed by atoms with Gasteiger partial charge in [-0.2, -0.15) is 5.11 Å². The number of carbonyl (C=O) groups excluding carboxylic acids is 2. The molecule has 0 aliphatic rings. The molecule has 0 radical (unpaired) electrons. The number of nitrogens with zero attached hydrogens (tertiary/aromatic N) is 3. The fourth-order valence-corrected chi connectivity index (χ4v) is 3.30. The molecule has 0 aliphatic heterocycles. The zero-order valence-electron chi connectivity index (χ0n) is 17.6. The number of benzene rings is 2. The topological polar surface area (TPSA) is 146 Å². The van der Waals surface area contributed by atoms with E-state index in [0.29, 0.717) is 29.3 Å². The number of aromatic nitrogens is 2. The van der Waals surface area contributed by atoms with Crippen LogP contribution in [-0.2, 0) is 11.3 Å². The van der Waals surface area contributed by atoms with Crippen molar-refractivity contribution in [2.24, 2.45) is 10.8 Å². The number of nitrogens with two attached hydrogens (primary N) is 1. The fraction of sp³-hybridized carbons (Fsp3) is 0.0833. The zero-order chi connectivity index (χ0) is 23.2. The van der Waals surface area contributed by atoms with Crippen molar-refractivity contribution in [3.05, 3.63) is 84.1 Å². The lowest BCUT2D eigenvalue weighted by atomic mass is 10.1. The summed E-state index contributed by atoms with van der Waals surface area (Å²) in [6.45, 7) is 0.271. The SMILES string of the molecule is N=Nc1ccc(-c2ccc(C(=O)NCC(N)=O)cc2)nc1NCc1ccc2cccnc2c1. The number of hydrogen-bond donors (Lipinski definition) is 4. The Hall–Kier alpha value is -4.66. The van der Waals surface area contributed by atoms with E-state index in [1.807, 2.05) is 30.3 Å². The summed E-state index contributed by atoms with van der Waals surface area (Å²) in [4.78, 5) is 31.9. The van der Waals surface area contributed by atoms with Gasteiger partial charge >= 0.3 is 0 Å². The van der Waals surface area contributed by atoms with Gasteiger partial charge in [0.2, 0.25) is 5.91 Å². The Balaban J connectivity index is 1.51. The molecule has 0 saturated carbocycles. The lowest BCUT2D eigenvalue weighted by Crippen LogP contribution is -2.33. The minimum absolute atomic E-state index is 0.220. The van der Waals surface area contributed by atoms with Crippen molar-refractivity contribution in [2.45, 2.75) is 6.54 Å². The van der Waals surface area contributed by atoms with Gasteiger partial charge < -0.3 is 16.4 Å². The molecule has 9 heteroatoms. The maximum absolute atomic E-state index is 12.1. The highest BCUT2D eigenvalue weighted by atomic mass is 16.2. The molecule has 5 N–H and O–H groups in total. The van der Waals surface area contributed by atoms with Gasteiger partial charge in [0.05, 0.1) is 17.8 Å². The molecule has 9 nitrogen and oxygen atoms in total. The Morgan fingerprint density at radius 2 is 1.85 bits per heavy atom. The molecule has 4 aromatic rings. The van der Waals surface area contributed by atoms with E-state index in [2.05, 4.69) is 25.7 Å². The second-order valence-electron chi connectivity index (χ2n) is 7.29. The van der Waals surface area contributed by atoms with Gasteiger partial charge in [-0.25, -0.2) is 10.5 Å². The molecule has 164 valence electrons. The summed E-state index contributed by atoms with van der Waals surface area (Å²) in [5.74, 6) is -0.514. The van der Waals surface area contributed by atoms with E-state index in [1.165, 1.54) is 0 Å². The molecule has 2 aromatic carbocycles. The molecule has 0 unspecified atom stereocenters. The molecule has 4 rings (SSSR count). The van der Waals surface area contributed by atoms with E-state index in [1.54, 1.807) is 42.6 Å². The summed E-state index contributed by atoms with van der Waals surface area (Å²) < 4.78 is 0. The van der Waals surface area contributed by atoms with Crippen molar-refractivity contribution in [1.29, 1.82) is 5.53 Å². The summed E-state index contributed by atoms with van der Waals surface area (Å²) in [6.07, 6.45) is 1.76. The van der Waals surface area contributed by atoms with Crippen LogP contribution in [0.25, 0.3) is 22.2 Å². The number of fused-ring (bicyclic) bond motifs is 1. The lowest BCUT2D eigenvalue weighted by Gasteiger charge is -2.11. The predicted molar refractivity (Wildman–Crippen MR) is 125 cm³/mol. The van der Waals surface area contributed by atoms with Gasteiger partial charge in [-0.3, -0.25) is 14.6 Å². The highest BCUT2D eigenvalue weighted by Crippen LogP contribution is 2.28. The van der Waals surface area contributed by atoms with Crippen molar-refractivity contribution in [2.75, 3.05) is 11.9 Å². The van der Waals surface area contributed by atoms with Gasteiger partial charge in [0.15, 0.2) is 5.82 Å². The fourth-order valence-electron chi connectivity index (χ4n) is 3.30. The molecule has 2 amide bonds. The average Bonchev–Trinajstić information content (AvgIpc) is 2.85. The Morgan fingerprint density at radius 1 is 1.03 bits per heavy atom. The average molecular weight is 439 g/mol. The van der Waals surface area contributed by atoms with Crippen molar-refractivity contribution in [1.82, 2.24) is 15.3 Å². The van der Waals surface area contributed by atoms with Gasteiger partial charge in [-0.05, 0) is 42.0 Å². The Morgan fingerprint density at radius 3 is 2.61 bits per heavy atom. The van der Waals surface area contributed by atoms with Gasteiger partial charge in [0, 0.05) is 29.3 Å². The smallest absolute Gasteiger partial charge is 0.251 e. The van der Waals surface area contributed by atoms with Crippen LogP contribution in [-0.4, -0.2) is 28.3 Å². The largest absolute Gasteiger partial charge is 0.368 e. The number of nitrogens with one attached hydrogen (secondary N) is 3. The normalized spacial score (nSPS) is 10.5. The number of anilines is 1. The van der Waals surface area contributed by atoms with Crippen molar-refractivity contribution >= 4 is 34.2 Å². The van der Waals surface area contributed by atoms with E-state index in [4.69, 9.17) is 11.3 Å². The first-order chi connectivity index (χ1) is 16.0. The maximum atomic E-state index is 12.1. The molecule has 0 spiro atoms. The van der Waals surface area contributed by atoms with Crippen LogP contribution in [0.3, 0.4) is 0 Å². The third kappa shape index (κ3) is 5.16. The van der Waals surface area contributed by atoms with Crippen molar-refractivity contribution in [3.8, 4) is 11.3 Å². The molecular weight excluding hydrogens is 418 g/mol. The first kappa shape index (κ1) is 21.6. The van der Waals surface area contributed by atoms with E-state index < -0.39 is 5.91 Å². The van der Waals surface area contributed by atoms with Gasteiger partial charge in [0.1, 0.15) is 5.69 Å². The van der Waals surface area contributed by atoms with Gasteiger partial charge in [-0.15, -0.1) is 0 Å². The van der Waals surface area contributed by atoms with Crippen LogP contribution >= 0.6 is 0 Å². The van der Waals surface area contributed by atoms with E-state index in [9.17, 15) is 9.59 Å². The molecular formula is C24H21N7O2. The predicted octanol–water partition coefficient (Wildman–Crippen LogP) is 3.79. The van der Waals surface area contributed by atoms with Crippen LogP contribution in [0, 0.1) is 5.53 Å². The molecule has 2 heterocycles. The summed E-state index contributed by atoms with van der Waals surface area (Å²) in [6, 6.07) is 20.2. The van der Waals surface area contributed by atoms with Crippen molar-refractivity contribution in [3.63, 3.8) is 0 Å². The molecule has 0 fully saturated rings. The third-order valence-electron chi connectivity index (χ3n) is 4.99. The highest BCUT2D eigenvalue weighted by molar-refractivity contribution is 5.96. The second kappa shape index (κ2) is 9.65. The third-order valence-corrected chi connectivity index (χ3v) is 4.99. The van der Waals surface area contributed by atoms with E-state index in [-0.39, 0.29) is 12.5 Å². The molecule has 33 heavy (non-hydrogen) atoms. The Kier molecular flexibility index (Phi) is 6.31. The van der Waals surface area contributed by atoms with E-state index in [0.717, 1.165) is 22.0 Å². The maximum Gasteiger partial charge on any atom is 0.251 e. The van der Waals surface area contributed by atoms with Crippen LogP contribution in [0.1, 0.15) is 15.9 Å². The second-order valence-corrected chi connectivity index (χ2v) is 7.29. The molecule has 0 aliphatic carbocycles. The zero-order valence-corrected chi connectivity index (χ0v) is 17.6. The number of carbonyl (C=O) groups is 2. The number of amides is 2. The molecule has 0 atom stereocenters.